The van der Waals surface area contributed by atoms with Crippen LogP contribution in [-0.2, 0) is 4.79 Å². The molecule has 1 aliphatic heterocycles. The van der Waals surface area contributed by atoms with Gasteiger partial charge in [0.15, 0.2) is 0 Å². The third kappa shape index (κ3) is 3.14. The molecule has 98 valence electrons. The minimum Gasteiger partial charge on any atom is -0.376 e. The minimum absolute atomic E-state index is 0.188. The highest BCUT2D eigenvalue weighted by Gasteiger charge is 2.18. The van der Waals surface area contributed by atoms with E-state index in [9.17, 15) is 4.79 Å². The van der Waals surface area contributed by atoms with Crippen molar-refractivity contribution in [2.24, 2.45) is 0 Å². The van der Waals surface area contributed by atoms with Gasteiger partial charge in [0.1, 0.15) is 11.6 Å². The zero-order valence-corrected chi connectivity index (χ0v) is 11.0. The van der Waals surface area contributed by atoms with Crippen LogP contribution in [0.3, 0.4) is 0 Å². The number of para-hydroxylation sites is 1. The number of carbonyl (C=O) groups is 1. The van der Waals surface area contributed by atoms with Crippen LogP contribution in [0.25, 0.3) is 0 Å². The molecule has 4 nitrogen and oxygen atoms in total. The Kier molecular flexibility index (Phi) is 4.19. The Morgan fingerprint density at radius 1 is 1.32 bits per heavy atom. The van der Waals surface area contributed by atoms with E-state index in [2.05, 4.69) is 0 Å². The van der Waals surface area contributed by atoms with E-state index in [0.29, 0.717) is 0 Å². The number of rotatable bonds is 3. The Labute approximate surface area is 113 Å². The van der Waals surface area contributed by atoms with Crippen LogP contribution < -0.4 is 4.90 Å². The first-order chi connectivity index (χ1) is 9.22. The van der Waals surface area contributed by atoms with Gasteiger partial charge in [0, 0.05) is 32.0 Å². The predicted octanol–water partition coefficient (Wildman–Crippen LogP) is 2.15. The number of likely N-dealkylation sites (tertiary alicyclic amines) is 1. The topological polar surface area (TPSA) is 47.3 Å². The lowest BCUT2D eigenvalue weighted by molar-refractivity contribution is -0.114. The van der Waals surface area contributed by atoms with Gasteiger partial charge in [-0.05, 0) is 25.0 Å². The van der Waals surface area contributed by atoms with Crippen molar-refractivity contribution >= 4 is 11.6 Å². The Hall–Kier alpha value is -2.28. The Morgan fingerprint density at radius 3 is 2.53 bits per heavy atom. The lowest BCUT2D eigenvalue weighted by atomic mass is 10.2. The van der Waals surface area contributed by atoms with E-state index in [0.717, 1.165) is 31.6 Å². The zero-order chi connectivity index (χ0) is 13.7. The summed E-state index contributed by atoms with van der Waals surface area (Å²) in [6, 6.07) is 11.3. The van der Waals surface area contributed by atoms with Crippen LogP contribution in [0.1, 0.15) is 12.8 Å². The average molecular weight is 255 g/mol. The van der Waals surface area contributed by atoms with Gasteiger partial charge in [0.05, 0.1) is 0 Å². The number of anilines is 1. The van der Waals surface area contributed by atoms with Gasteiger partial charge in [-0.1, -0.05) is 18.2 Å². The van der Waals surface area contributed by atoms with Gasteiger partial charge in [-0.15, -0.1) is 0 Å². The lowest BCUT2D eigenvalue weighted by Crippen LogP contribution is -2.28. The molecular weight excluding hydrogens is 238 g/mol. The standard InChI is InChI=1S/C15H17N3O/c1-17(14-7-3-2-4-8-14)15(19)13(11-16)12-18-9-5-6-10-18/h2-4,7-8,12H,5-6,9-10H2,1H3/b13-12+. The number of benzene rings is 1. The maximum atomic E-state index is 12.3. The SMILES string of the molecule is CN(C(=O)/C(C#N)=C/N1CCCC1)c1ccccc1. The van der Waals surface area contributed by atoms with Crippen LogP contribution in [0.5, 0.6) is 0 Å². The summed E-state index contributed by atoms with van der Waals surface area (Å²) in [5, 5.41) is 9.16. The molecule has 0 atom stereocenters. The first kappa shape index (κ1) is 13.2. The molecule has 0 bridgehead atoms. The number of hydrogen-bond acceptors (Lipinski definition) is 3. The molecule has 2 rings (SSSR count). The fourth-order valence-corrected chi connectivity index (χ4v) is 2.13. The number of hydrogen-bond donors (Lipinski definition) is 0. The molecular formula is C15H17N3O. The minimum atomic E-state index is -0.263. The van der Waals surface area contributed by atoms with Crippen molar-refractivity contribution in [3.63, 3.8) is 0 Å². The summed E-state index contributed by atoms with van der Waals surface area (Å²) in [5.41, 5.74) is 0.975. The molecule has 0 spiro atoms. The van der Waals surface area contributed by atoms with E-state index in [-0.39, 0.29) is 11.5 Å². The Morgan fingerprint density at radius 2 is 1.95 bits per heavy atom. The highest BCUT2D eigenvalue weighted by molar-refractivity contribution is 6.07. The molecule has 19 heavy (non-hydrogen) atoms. The first-order valence-corrected chi connectivity index (χ1v) is 6.41. The molecule has 0 aliphatic carbocycles. The van der Waals surface area contributed by atoms with Gasteiger partial charge in [-0.3, -0.25) is 4.79 Å². The molecule has 0 N–H and O–H groups in total. The first-order valence-electron chi connectivity index (χ1n) is 6.41. The zero-order valence-electron chi connectivity index (χ0n) is 11.0. The quantitative estimate of drug-likeness (QED) is 0.614. The average Bonchev–Trinajstić information content (AvgIpc) is 2.97. The summed E-state index contributed by atoms with van der Waals surface area (Å²) in [4.78, 5) is 15.8. The summed E-state index contributed by atoms with van der Waals surface area (Å²) < 4.78 is 0. The number of amides is 1. The Balaban J connectivity index is 2.15. The van der Waals surface area contributed by atoms with Crippen LogP contribution in [0.2, 0.25) is 0 Å². The summed E-state index contributed by atoms with van der Waals surface area (Å²) >= 11 is 0. The van der Waals surface area contributed by atoms with Crippen LogP contribution in [0.15, 0.2) is 42.1 Å². The van der Waals surface area contributed by atoms with Gasteiger partial charge >= 0.3 is 0 Å². The number of likely N-dealkylation sites (N-methyl/N-ethyl adjacent to an activating group) is 1. The van der Waals surface area contributed by atoms with Gasteiger partial charge in [-0.2, -0.15) is 5.26 Å². The van der Waals surface area contributed by atoms with Crippen molar-refractivity contribution < 1.29 is 4.79 Å². The van der Waals surface area contributed by atoms with Crippen LogP contribution in [0.4, 0.5) is 5.69 Å². The molecule has 0 radical (unpaired) electrons. The van der Waals surface area contributed by atoms with Crippen molar-refractivity contribution in [1.82, 2.24) is 4.90 Å². The van der Waals surface area contributed by atoms with Gasteiger partial charge < -0.3 is 9.80 Å². The highest BCUT2D eigenvalue weighted by atomic mass is 16.2. The molecule has 1 saturated heterocycles. The molecule has 0 saturated carbocycles. The monoisotopic (exact) mass is 255 g/mol. The van der Waals surface area contributed by atoms with Crippen molar-refractivity contribution in [2.45, 2.75) is 12.8 Å². The summed E-state index contributed by atoms with van der Waals surface area (Å²) in [6.07, 6.45) is 3.94. The smallest absolute Gasteiger partial charge is 0.270 e. The fraction of sp³-hybridized carbons (Fsp3) is 0.333. The highest BCUT2D eigenvalue weighted by Crippen LogP contribution is 2.15. The van der Waals surface area contributed by atoms with Gasteiger partial charge in [-0.25, -0.2) is 0 Å². The van der Waals surface area contributed by atoms with E-state index in [4.69, 9.17) is 5.26 Å². The Bertz CT molecular complexity index is 510. The van der Waals surface area contributed by atoms with Gasteiger partial charge in [0.25, 0.3) is 5.91 Å². The molecule has 1 aliphatic rings. The second-order valence-electron chi connectivity index (χ2n) is 4.60. The number of carbonyl (C=O) groups excluding carboxylic acids is 1. The third-order valence-corrected chi connectivity index (χ3v) is 3.25. The fourth-order valence-electron chi connectivity index (χ4n) is 2.13. The second kappa shape index (κ2) is 6.05. The predicted molar refractivity (Wildman–Crippen MR) is 74.4 cm³/mol. The lowest BCUT2D eigenvalue weighted by Gasteiger charge is -2.18. The van der Waals surface area contributed by atoms with E-state index in [1.54, 1.807) is 13.2 Å². The molecule has 0 aromatic heterocycles. The molecule has 1 heterocycles. The molecule has 1 fully saturated rings. The molecule has 1 amide bonds. The summed E-state index contributed by atoms with van der Waals surface area (Å²) in [6.45, 7) is 1.85. The summed E-state index contributed by atoms with van der Waals surface area (Å²) in [7, 11) is 1.69. The molecule has 1 aromatic carbocycles. The van der Waals surface area contributed by atoms with Crippen molar-refractivity contribution in [3.8, 4) is 6.07 Å². The van der Waals surface area contributed by atoms with Crippen LogP contribution >= 0.6 is 0 Å². The third-order valence-electron chi connectivity index (χ3n) is 3.25. The van der Waals surface area contributed by atoms with Gasteiger partial charge in [0.2, 0.25) is 0 Å². The van der Waals surface area contributed by atoms with Crippen molar-refractivity contribution in [3.05, 3.63) is 42.1 Å². The normalized spacial score (nSPS) is 15.2. The van der Waals surface area contributed by atoms with E-state index in [1.807, 2.05) is 41.3 Å². The second-order valence-corrected chi connectivity index (χ2v) is 4.60. The van der Waals surface area contributed by atoms with Crippen molar-refractivity contribution in [1.29, 1.82) is 5.26 Å². The van der Waals surface area contributed by atoms with E-state index in [1.165, 1.54) is 4.90 Å². The van der Waals surface area contributed by atoms with E-state index < -0.39 is 0 Å². The molecule has 1 aromatic rings. The maximum Gasteiger partial charge on any atom is 0.270 e. The number of nitriles is 1. The molecule has 0 unspecified atom stereocenters. The molecule has 4 heteroatoms. The van der Waals surface area contributed by atoms with Crippen LogP contribution in [0, 0.1) is 11.3 Å². The van der Waals surface area contributed by atoms with Crippen molar-refractivity contribution in [2.75, 3.05) is 25.0 Å². The van der Waals surface area contributed by atoms with E-state index >= 15 is 0 Å². The number of nitrogens with zero attached hydrogens (tertiary/aromatic N) is 3. The summed E-state index contributed by atoms with van der Waals surface area (Å²) in [5.74, 6) is -0.263. The largest absolute Gasteiger partial charge is 0.376 e. The maximum absolute atomic E-state index is 12.3. The van der Waals surface area contributed by atoms with Crippen LogP contribution in [-0.4, -0.2) is 30.9 Å².